The third kappa shape index (κ3) is 2.39. The highest BCUT2D eigenvalue weighted by Gasteiger charge is 2.28. The van der Waals surface area contributed by atoms with Gasteiger partial charge in [0.05, 0.1) is 0 Å². The zero-order valence-corrected chi connectivity index (χ0v) is 10.6. The smallest absolute Gasteiger partial charge is 0.123 e. The summed E-state index contributed by atoms with van der Waals surface area (Å²) in [6.45, 7) is 0. The van der Waals surface area contributed by atoms with Crippen LogP contribution in [-0.2, 0) is 6.42 Å². The maximum absolute atomic E-state index is 13.3. The number of nitrogens with two attached hydrogens (primary N) is 1. The number of fused-ring (bicyclic) bond motifs is 1. The summed E-state index contributed by atoms with van der Waals surface area (Å²) < 4.78 is 13.3. The monoisotopic (exact) mass is 256 g/mol. The topological polar surface area (TPSA) is 38.0 Å². The molecule has 0 heterocycles. The van der Waals surface area contributed by atoms with Crippen LogP contribution < -0.4 is 11.3 Å². The van der Waals surface area contributed by atoms with Gasteiger partial charge < -0.3 is 0 Å². The molecule has 3 rings (SSSR count). The highest BCUT2D eigenvalue weighted by atomic mass is 19.1. The molecule has 2 aromatic rings. The molecule has 1 aliphatic rings. The van der Waals surface area contributed by atoms with Crippen LogP contribution in [0.2, 0.25) is 0 Å². The van der Waals surface area contributed by atoms with Crippen molar-refractivity contribution < 1.29 is 4.39 Å². The predicted molar refractivity (Wildman–Crippen MR) is 74.0 cm³/mol. The van der Waals surface area contributed by atoms with E-state index in [0.717, 1.165) is 18.4 Å². The van der Waals surface area contributed by atoms with Gasteiger partial charge in [-0.05, 0) is 47.6 Å². The zero-order valence-electron chi connectivity index (χ0n) is 10.6. The molecule has 0 aromatic heterocycles. The first-order valence-corrected chi connectivity index (χ1v) is 6.57. The molecule has 2 unspecified atom stereocenters. The summed E-state index contributed by atoms with van der Waals surface area (Å²) in [4.78, 5) is 0. The normalized spacial score (nSPS) is 18.5. The Hall–Kier alpha value is -1.71. The highest BCUT2D eigenvalue weighted by Crippen LogP contribution is 2.40. The number of hydrazine groups is 1. The molecule has 0 spiro atoms. The van der Waals surface area contributed by atoms with Crippen LogP contribution in [0.4, 0.5) is 4.39 Å². The first-order valence-electron chi connectivity index (χ1n) is 6.57. The zero-order chi connectivity index (χ0) is 13.2. The van der Waals surface area contributed by atoms with Crippen molar-refractivity contribution in [3.8, 4) is 0 Å². The Bertz CT molecular complexity index is 582. The van der Waals surface area contributed by atoms with Gasteiger partial charge in [0.1, 0.15) is 5.82 Å². The van der Waals surface area contributed by atoms with Gasteiger partial charge in [0, 0.05) is 6.04 Å². The standard InChI is InChI=1S/C16H17FN2/c17-14-6-3-5-12(9-14)16(19-18)10-13-8-11-4-1-2-7-15(11)13/h1-7,9,13,16,19H,8,10,18H2. The van der Waals surface area contributed by atoms with Crippen LogP contribution in [0.15, 0.2) is 48.5 Å². The molecule has 2 atom stereocenters. The van der Waals surface area contributed by atoms with Crippen molar-refractivity contribution in [1.29, 1.82) is 0 Å². The third-order valence-corrected chi connectivity index (χ3v) is 3.93. The van der Waals surface area contributed by atoms with Crippen molar-refractivity contribution in [2.75, 3.05) is 0 Å². The van der Waals surface area contributed by atoms with Gasteiger partial charge in [0.2, 0.25) is 0 Å². The molecule has 1 aliphatic carbocycles. The van der Waals surface area contributed by atoms with Gasteiger partial charge >= 0.3 is 0 Å². The van der Waals surface area contributed by atoms with E-state index in [-0.39, 0.29) is 11.9 Å². The van der Waals surface area contributed by atoms with Gasteiger partial charge in [0.15, 0.2) is 0 Å². The Morgan fingerprint density at radius 2 is 2.05 bits per heavy atom. The molecule has 0 amide bonds. The van der Waals surface area contributed by atoms with Crippen molar-refractivity contribution in [3.05, 3.63) is 71.0 Å². The number of benzene rings is 2. The van der Waals surface area contributed by atoms with Crippen LogP contribution in [0.25, 0.3) is 0 Å². The molecule has 98 valence electrons. The Labute approximate surface area is 112 Å². The lowest BCUT2D eigenvalue weighted by Gasteiger charge is -2.33. The van der Waals surface area contributed by atoms with Gasteiger partial charge in [-0.1, -0.05) is 36.4 Å². The fourth-order valence-corrected chi connectivity index (χ4v) is 2.88. The predicted octanol–water partition coefficient (Wildman–Crippen LogP) is 3.06. The molecule has 0 bridgehead atoms. The molecule has 0 fully saturated rings. The SMILES string of the molecule is NNC(CC1Cc2ccccc21)c1cccc(F)c1. The number of hydrogen-bond acceptors (Lipinski definition) is 2. The maximum Gasteiger partial charge on any atom is 0.123 e. The highest BCUT2D eigenvalue weighted by molar-refractivity contribution is 5.40. The molecule has 0 aliphatic heterocycles. The largest absolute Gasteiger partial charge is 0.271 e. The number of halogens is 1. The van der Waals surface area contributed by atoms with E-state index in [1.54, 1.807) is 12.1 Å². The van der Waals surface area contributed by atoms with E-state index in [1.165, 1.54) is 17.2 Å². The van der Waals surface area contributed by atoms with Gasteiger partial charge in [-0.15, -0.1) is 0 Å². The van der Waals surface area contributed by atoms with Crippen molar-refractivity contribution in [2.45, 2.75) is 24.8 Å². The van der Waals surface area contributed by atoms with E-state index in [2.05, 4.69) is 29.7 Å². The molecule has 0 saturated heterocycles. The second-order valence-corrected chi connectivity index (χ2v) is 5.11. The summed E-state index contributed by atoms with van der Waals surface area (Å²) in [5.74, 6) is 5.93. The van der Waals surface area contributed by atoms with E-state index in [0.29, 0.717) is 5.92 Å². The van der Waals surface area contributed by atoms with Crippen LogP contribution in [0.1, 0.15) is 35.1 Å². The molecule has 3 N–H and O–H groups in total. The Morgan fingerprint density at radius 1 is 1.21 bits per heavy atom. The quantitative estimate of drug-likeness (QED) is 0.651. The van der Waals surface area contributed by atoms with Crippen LogP contribution >= 0.6 is 0 Å². The average Bonchev–Trinajstić information content (AvgIpc) is 2.40. The van der Waals surface area contributed by atoms with Gasteiger partial charge in [0.25, 0.3) is 0 Å². The average molecular weight is 256 g/mol. The third-order valence-electron chi connectivity index (χ3n) is 3.93. The van der Waals surface area contributed by atoms with Crippen LogP contribution in [0.5, 0.6) is 0 Å². The Kier molecular flexibility index (Phi) is 3.32. The first-order chi connectivity index (χ1) is 9.28. The summed E-state index contributed by atoms with van der Waals surface area (Å²) >= 11 is 0. The lowest BCUT2D eigenvalue weighted by molar-refractivity contribution is 0.434. The first kappa shape index (κ1) is 12.3. The summed E-state index contributed by atoms with van der Waals surface area (Å²) in [5, 5.41) is 0. The molecule has 2 aromatic carbocycles. The number of rotatable bonds is 4. The van der Waals surface area contributed by atoms with Crippen LogP contribution in [0, 0.1) is 5.82 Å². The van der Waals surface area contributed by atoms with Crippen molar-refractivity contribution in [2.24, 2.45) is 5.84 Å². The van der Waals surface area contributed by atoms with Gasteiger partial charge in [-0.3, -0.25) is 11.3 Å². The lowest BCUT2D eigenvalue weighted by atomic mass is 9.74. The van der Waals surface area contributed by atoms with Crippen molar-refractivity contribution >= 4 is 0 Å². The van der Waals surface area contributed by atoms with E-state index < -0.39 is 0 Å². The summed E-state index contributed by atoms with van der Waals surface area (Å²) in [5.41, 5.74) is 6.54. The van der Waals surface area contributed by atoms with E-state index in [9.17, 15) is 4.39 Å². The Morgan fingerprint density at radius 3 is 2.79 bits per heavy atom. The van der Waals surface area contributed by atoms with E-state index in [1.807, 2.05) is 6.07 Å². The molecule has 19 heavy (non-hydrogen) atoms. The summed E-state index contributed by atoms with van der Waals surface area (Å²) in [6, 6.07) is 15.1. The molecule has 2 nitrogen and oxygen atoms in total. The molecule has 0 saturated carbocycles. The maximum atomic E-state index is 13.3. The minimum atomic E-state index is -0.216. The molecule has 0 radical (unpaired) electrons. The number of hydrogen-bond donors (Lipinski definition) is 2. The van der Waals surface area contributed by atoms with Crippen molar-refractivity contribution in [3.63, 3.8) is 0 Å². The second-order valence-electron chi connectivity index (χ2n) is 5.11. The Balaban J connectivity index is 1.76. The molecule has 3 heteroatoms. The minimum Gasteiger partial charge on any atom is -0.271 e. The van der Waals surface area contributed by atoms with E-state index >= 15 is 0 Å². The van der Waals surface area contributed by atoms with Gasteiger partial charge in [-0.25, -0.2) is 4.39 Å². The fraction of sp³-hybridized carbons (Fsp3) is 0.250. The summed E-state index contributed by atoms with van der Waals surface area (Å²) in [6.07, 6.45) is 1.99. The van der Waals surface area contributed by atoms with Crippen LogP contribution in [0.3, 0.4) is 0 Å². The van der Waals surface area contributed by atoms with E-state index in [4.69, 9.17) is 5.84 Å². The number of nitrogens with one attached hydrogen (secondary N) is 1. The second kappa shape index (κ2) is 5.11. The minimum absolute atomic E-state index is 0.00550. The fourth-order valence-electron chi connectivity index (χ4n) is 2.88. The summed E-state index contributed by atoms with van der Waals surface area (Å²) in [7, 11) is 0. The molecular weight excluding hydrogens is 239 g/mol. The van der Waals surface area contributed by atoms with Crippen molar-refractivity contribution in [1.82, 2.24) is 5.43 Å². The van der Waals surface area contributed by atoms with Gasteiger partial charge in [-0.2, -0.15) is 0 Å². The van der Waals surface area contributed by atoms with Crippen LogP contribution in [-0.4, -0.2) is 0 Å². The molecular formula is C16H17FN2. The lowest BCUT2D eigenvalue weighted by Crippen LogP contribution is -2.31.